The van der Waals surface area contributed by atoms with Gasteiger partial charge in [-0.25, -0.2) is 0 Å². The third-order valence-corrected chi connectivity index (χ3v) is 4.83. The quantitative estimate of drug-likeness (QED) is 0.897. The molecule has 2 fully saturated rings. The molecule has 22 heavy (non-hydrogen) atoms. The maximum absolute atomic E-state index is 12.5. The summed E-state index contributed by atoms with van der Waals surface area (Å²) in [5, 5.41) is 6.54. The van der Waals surface area contributed by atoms with E-state index in [1.54, 1.807) is 0 Å². The average molecular weight is 301 g/mol. The van der Waals surface area contributed by atoms with Gasteiger partial charge in [0.15, 0.2) is 0 Å². The Hall–Kier alpha value is -1.39. The summed E-state index contributed by atoms with van der Waals surface area (Å²) in [6.45, 7) is 5.50. The highest BCUT2D eigenvalue weighted by molar-refractivity contribution is 5.92. The number of piperidine rings is 2. The second kappa shape index (κ2) is 7.75. The zero-order valence-electron chi connectivity index (χ0n) is 13.3. The van der Waals surface area contributed by atoms with Crippen molar-refractivity contribution in [2.45, 2.75) is 25.7 Å². The molecule has 2 atom stereocenters. The lowest BCUT2D eigenvalue weighted by atomic mass is 9.94. The Morgan fingerprint density at radius 3 is 2.86 bits per heavy atom. The Labute approximate surface area is 133 Å². The maximum Gasteiger partial charge on any atom is 0.228 e. The maximum atomic E-state index is 12.5. The molecule has 2 saturated heterocycles. The number of hydrogen-bond acceptors (Lipinski definition) is 3. The monoisotopic (exact) mass is 301 g/mol. The Morgan fingerprint density at radius 2 is 2.09 bits per heavy atom. The highest BCUT2D eigenvalue weighted by Crippen LogP contribution is 2.21. The number of rotatable bonds is 4. The van der Waals surface area contributed by atoms with Crippen LogP contribution in [-0.2, 0) is 4.79 Å². The molecule has 0 aromatic heterocycles. The molecule has 1 amide bonds. The molecule has 0 saturated carbocycles. The predicted octanol–water partition coefficient (Wildman–Crippen LogP) is 2.34. The Kier molecular flexibility index (Phi) is 5.46. The lowest BCUT2D eigenvalue weighted by Crippen LogP contribution is -2.45. The zero-order chi connectivity index (χ0) is 15.2. The molecule has 3 rings (SSSR count). The molecule has 0 bridgehead atoms. The van der Waals surface area contributed by atoms with E-state index in [1.807, 2.05) is 30.3 Å². The first kappa shape index (κ1) is 15.5. The summed E-state index contributed by atoms with van der Waals surface area (Å²) in [6.07, 6.45) is 4.76. The highest BCUT2D eigenvalue weighted by atomic mass is 16.1. The molecule has 0 radical (unpaired) electrons. The number of anilines is 1. The Morgan fingerprint density at radius 1 is 1.23 bits per heavy atom. The van der Waals surface area contributed by atoms with Crippen molar-refractivity contribution < 1.29 is 4.79 Å². The van der Waals surface area contributed by atoms with Crippen LogP contribution in [0.4, 0.5) is 5.69 Å². The van der Waals surface area contributed by atoms with Crippen LogP contribution in [0, 0.1) is 11.8 Å². The van der Waals surface area contributed by atoms with Crippen LogP contribution in [0.1, 0.15) is 25.7 Å². The van der Waals surface area contributed by atoms with E-state index in [0.717, 1.165) is 50.6 Å². The standard InChI is InChI=1S/C18H27N3O/c22-18(20-17-8-2-1-3-9-17)16-7-5-11-21(14-16)13-15-6-4-10-19-12-15/h1-3,8-9,15-16,19H,4-7,10-14H2,(H,20,22). The summed E-state index contributed by atoms with van der Waals surface area (Å²) in [6, 6.07) is 9.78. The van der Waals surface area contributed by atoms with Crippen LogP contribution in [0.5, 0.6) is 0 Å². The first-order chi connectivity index (χ1) is 10.8. The van der Waals surface area contributed by atoms with Gasteiger partial charge in [0.1, 0.15) is 0 Å². The molecule has 2 heterocycles. The van der Waals surface area contributed by atoms with Crippen molar-refractivity contribution >= 4 is 11.6 Å². The summed E-state index contributed by atoms with van der Waals surface area (Å²) in [5.41, 5.74) is 0.904. The smallest absolute Gasteiger partial charge is 0.228 e. The number of para-hydroxylation sites is 1. The molecule has 1 aromatic rings. The van der Waals surface area contributed by atoms with Crippen LogP contribution in [0.2, 0.25) is 0 Å². The van der Waals surface area contributed by atoms with Crippen molar-refractivity contribution in [3.63, 3.8) is 0 Å². The number of hydrogen-bond donors (Lipinski definition) is 2. The van der Waals surface area contributed by atoms with Gasteiger partial charge in [-0.2, -0.15) is 0 Å². The molecule has 2 unspecified atom stereocenters. The number of likely N-dealkylation sites (tertiary alicyclic amines) is 1. The first-order valence-electron chi connectivity index (χ1n) is 8.60. The van der Waals surface area contributed by atoms with E-state index >= 15 is 0 Å². The number of amides is 1. The average Bonchev–Trinajstić information content (AvgIpc) is 2.57. The minimum atomic E-state index is 0.130. The number of carbonyl (C=O) groups is 1. The van der Waals surface area contributed by atoms with E-state index in [0.29, 0.717) is 0 Å². The topological polar surface area (TPSA) is 44.4 Å². The van der Waals surface area contributed by atoms with Crippen LogP contribution in [0.3, 0.4) is 0 Å². The summed E-state index contributed by atoms with van der Waals surface area (Å²) < 4.78 is 0. The van der Waals surface area contributed by atoms with Crippen LogP contribution in [-0.4, -0.2) is 43.5 Å². The molecule has 0 aliphatic carbocycles. The number of nitrogens with zero attached hydrogens (tertiary/aromatic N) is 1. The van der Waals surface area contributed by atoms with Crippen molar-refractivity contribution in [3.05, 3.63) is 30.3 Å². The lowest BCUT2D eigenvalue weighted by molar-refractivity contribution is -0.121. The van der Waals surface area contributed by atoms with Crippen LogP contribution < -0.4 is 10.6 Å². The van der Waals surface area contributed by atoms with Crippen molar-refractivity contribution in [2.75, 3.05) is 38.0 Å². The normalized spacial score (nSPS) is 26.5. The van der Waals surface area contributed by atoms with E-state index in [-0.39, 0.29) is 11.8 Å². The molecule has 2 aliphatic heterocycles. The zero-order valence-corrected chi connectivity index (χ0v) is 13.3. The van der Waals surface area contributed by atoms with E-state index in [2.05, 4.69) is 15.5 Å². The molecule has 4 heteroatoms. The van der Waals surface area contributed by atoms with Gasteiger partial charge in [-0.3, -0.25) is 4.79 Å². The minimum Gasteiger partial charge on any atom is -0.326 e. The van der Waals surface area contributed by atoms with E-state index in [9.17, 15) is 4.79 Å². The fourth-order valence-electron chi connectivity index (χ4n) is 3.65. The van der Waals surface area contributed by atoms with Gasteiger partial charge in [0.05, 0.1) is 5.92 Å². The van der Waals surface area contributed by atoms with Gasteiger partial charge in [-0.05, 0) is 63.4 Å². The van der Waals surface area contributed by atoms with Crippen LogP contribution >= 0.6 is 0 Å². The van der Waals surface area contributed by atoms with E-state index in [1.165, 1.54) is 19.4 Å². The summed E-state index contributed by atoms with van der Waals surface area (Å²) in [7, 11) is 0. The third-order valence-electron chi connectivity index (χ3n) is 4.83. The SMILES string of the molecule is O=C(Nc1ccccc1)C1CCCN(CC2CCCNC2)C1. The van der Waals surface area contributed by atoms with Gasteiger partial charge in [-0.1, -0.05) is 18.2 Å². The van der Waals surface area contributed by atoms with Crippen molar-refractivity contribution in [1.29, 1.82) is 0 Å². The lowest BCUT2D eigenvalue weighted by Gasteiger charge is -2.35. The molecule has 2 aliphatic rings. The number of carbonyl (C=O) groups excluding carboxylic acids is 1. The largest absolute Gasteiger partial charge is 0.326 e. The summed E-state index contributed by atoms with van der Waals surface area (Å²) in [5.74, 6) is 1.06. The van der Waals surface area contributed by atoms with Gasteiger partial charge in [0.2, 0.25) is 5.91 Å². The number of benzene rings is 1. The number of nitrogens with one attached hydrogen (secondary N) is 2. The molecular weight excluding hydrogens is 274 g/mol. The minimum absolute atomic E-state index is 0.130. The van der Waals surface area contributed by atoms with Gasteiger partial charge in [0, 0.05) is 18.8 Å². The molecule has 0 spiro atoms. The third kappa shape index (κ3) is 4.31. The molecule has 1 aromatic carbocycles. The second-order valence-electron chi connectivity index (χ2n) is 6.67. The Bertz CT molecular complexity index is 470. The van der Waals surface area contributed by atoms with Crippen molar-refractivity contribution in [2.24, 2.45) is 11.8 Å². The molecule has 2 N–H and O–H groups in total. The van der Waals surface area contributed by atoms with Crippen molar-refractivity contribution in [3.8, 4) is 0 Å². The fourth-order valence-corrected chi connectivity index (χ4v) is 3.65. The van der Waals surface area contributed by atoms with E-state index < -0.39 is 0 Å². The molecule has 4 nitrogen and oxygen atoms in total. The van der Waals surface area contributed by atoms with Gasteiger partial charge in [0.25, 0.3) is 0 Å². The van der Waals surface area contributed by atoms with Crippen LogP contribution in [0.25, 0.3) is 0 Å². The Balaban J connectivity index is 1.50. The summed E-state index contributed by atoms with van der Waals surface area (Å²) >= 11 is 0. The van der Waals surface area contributed by atoms with Gasteiger partial charge >= 0.3 is 0 Å². The van der Waals surface area contributed by atoms with Gasteiger partial charge < -0.3 is 15.5 Å². The molecular formula is C18H27N3O. The van der Waals surface area contributed by atoms with Crippen LogP contribution in [0.15, 0.2) is 30.3 Å². The van der Waals surface area contributed by atoms with Crippen molar-refractivity contribution in [1.82, 2.24) is 10.2 Å². The molecule has 120 valence electrons. The first-order valence-corrected chi connectivity index (χ1v) is 8.60. The second-order valence-corrected chi connectivity index (χ2v) is 6.67. The highest BCUT2D eigenvalue weighted by Gasteiger charge is 2.27. The summed E-state index contributed by atoms with van der Waals surface area (Å²) in [4.78, 5) is 15.0. The predicted molar refractivity (Wildman–Crippen MR) is 89.8 cm³/mol. The van der Waals surface area contributed by atoms with Gasteiger partial charge in [-0.15, -0.1) is 0 Å². The fraction of sp³-hybridized carbons (Fsp3) is 0.611. The van der Waals surface area contributed by atoms with E-state index in [4.69, 9.17) is 0 Å².